The van der Waals surface area contributed by atoms with Gasteiger partial charge in [0.25, 0.3) is 17.8 Å². The van der Waals surface area contributed by atoms with Gasteiger partial charge in [-0.05, 0) is 6.07 Å². The first kappa shape index (κ1) is 18.1. The van der Waals surface area contributed by atoms with E-state index in [1.54, 1.807) is 6.07 Å². The van der Waals surface area contributed by atoms with E-state index in [1.165, 1.54) is 6.20 Å². The molecule has 1 unspecified atom stereocenters. The number of carbonyl (C=O) groups is 1. The van der Waals surface area contributed by atoms with E-state index in [1.807, 2.05) is 48.5 Å². The number of para-hydroxylation sites is 1. The van der Waals surface area contributed by atoms with Crippen molar-refractivity contribution in [3.8, 4) is 0 Å². The minimum atomic E-state index is -1.19. The van der Waals surface area contributed by atoms with Gasteiger partial charge in [0, 0.05) is 11.1 Å². The molecule has 0 aliphatic carbocycles. The van der Waals surface area contributed by atoms with Crippen molar-refractivity contribution in [1.82, 2.24) is 4.98 Å². The molecule has 9 heteroatoms. The van der Waals surface area contributed by atoms with Crippen LogP contribution in [0, 0.1) is 5.41 Å². The molecule has 0 saturated heterocycles. The van der Waals surface area contributed by atoms with Crippen LogP contribution < -0.4 is 11.1 Å². The van der Waals surface area contributed by atoms with E-state index < -0.39 is 18.1 Å². The van der Waals surface area contributed by atoms with Crippen molar-refractivity contribution in [3.05, 3.63) is 84.1 Å². The fraction of sp³-hybridized carbons (Fsp3) is 0.0500. The largest absolute Gasteiger partial charge is 0.438 e. The van der Waals surface area contributed by atoms with Gasteiger partial charge in [0.05, 0.1) is 17.6 Å². The second kappa shape index (κ2) is 7.77. The summed E-state index contributed by atoms with van der Waals surface area (Å²) < 4.78 is 10.1. The van der Waals surface area contributed by atoms with Gasteiger partial charge in [-0.3, -0.25) is 10.2 Å². The van der Waals surface area contributed by atoms with Gasteiger partial charge < -0.3 is 20.2 Å². The van der Waals surface area contributed by atoms with Crippen LogP contribution in [0.5, 0.6) is 0 Å². The number of benzene rings is 2. The summed E-state index contributed by atoms with van der Waals surface area (Å²) in [6.45, 7) is 0. The molecule has 4 rings (SSSR count). The average molecular weight is 388 g/mol. The Bertz CT molecular complexity index is 1110. The van der Waals surface area contributed by atoms with Gasteiger partial charge in [-0.2, -0.15) is 4.99 Å². The van der Waals surface area contributed by atoms with Crippen molar-refractivity contribution in [3.63, 3.8) is 0 Å². The van der Waals surface area contributed by atoms with Crippen LogP contribution in [-0.4, -0.2) is 34.7 Å². The molecule has 1 atom stereocenters. The highest BCUT2D eigenvalue weighted by molar-refractivity contribution is 6.19. The van der Waals surface area contributed by atoms with Crippen molar-refractivity contribution in [1.29, 1.82) is 5.41 Å². The number of amides is 1. The van der Waals surface area contributed by atoms with E-state index in [9.17, 15) is 4.79 Å². The number of benzodiazepines with no additional fused rings is 1. The van der Waals surface area contributed by atoms with E-state index >= 15 is 0 Å². The van der Waals surface area contributed by atoms with Crippen molar-refractivity contribution < 1.29 is 13.9 Å². The fourth-order valence-corrected chi connectivity index (χ4v) is 2.79. The van der Waals surface area contributed by atoms with Gasteiger partial charge in [-0.1, -0.05) is 48.5 Å². The highest BCUT2D eigenvalue weighted by Gasteiger charge is 2.26. The second-order valence-electron chi connectivity index (χ2n) is 6.02. The molecule has 0 bridgehead atoms. The van der Waals surface area contributed by atoms with Gasteiger partial charge in [0.2, 0.25) is 11.9 Å². The van der Waals surface area contributed by atoms with Crippen molar-refractivity contribution in [2.75, 3.05) is 5.32 Å². The summed E-state index contributed by atoms with van der Waals surface area (Å²) in [6.07, 6.45) is 1.27. The summed E-state index contributed by atoms with van der Waals surface area (Å²) in [6, 6.07) is 16.4. The summed E-state index contributed by atoms with van der Waals surface area (Å²) in [4.78, 5) is 25.0. The zero-order valence-electron chi connectivity index (χ0n) is 15.1. The van der Waals surface area contributed by atoms with Gasteiger partial charge in [-0.25, -0.2) is 9.98 Å². The Kier molecular flexibility index (Phi) is 4.85. The highest BCUT2D eigenvalue weighted by atomic mass is 16.5. The number of anilines is 1. The van der Waals surface area contributed by atoms with E-state index in [0.717, 1.165) is 17.5 Å². The Morgan fingerprint density at radius 3 is 2.69 bits per heavy atom. The number of aliphatic imine (C=N–C) groups is 2. The number of aromatic nitrogens is 1. The molecule has 29 heavy (non-hydrogen) atoms. The molecule has 3 aromatic rings. The summed E-state index contributed by atoms with van der Waals surface area (Å²) in [5, 5.41) is 10.6. The quantitative estimate of drug-likeness (QED) is 0.466. The molecular formula is C20H16N6O3. The van der Waals surface area contributed by atoms with Crippen LogP contribution in [-0.2, 0) is 9.53 Å². The molecule has 2 heterocycles. The third-order valence-electron chi connectivity index (χ3n) is 4.09. The number of nitrogens with two attached hydrogens (primary N) is 1. The number of nitrogens with zero attached hydrogens (tertiary/aromatic N) is 3. The Balaban J connectivity index is 1.70. The van der Waals surface area contributed by atoms with Gasteiger partial charge >= 0.3 is 0 Å². The maximum Gasteiger partial charge on any atom is 0.291 e. The number of oxazole rings is 1. The first-order valence-electron chi connectivity index (χ1n) is 8.64. The third-order valence-corrected chi connectivity index (χ3v) is 4.09. The minimum Gasteiger partial charge on any atom is -0.438 e. The van der Waals surface area contributed by atoms with E-state index in [4.69, 9.17) is 20.3 Å². The molecule has 0 fully saturated rings. The zero-order chi connectivity index (χ0) is 20.2. The summed E-state index contributed by atoms with van der Waals surface area (Å²) in [5.74, 6) is -0.774. The number of fused-ring (bicyclic) bond motifs is 1. The molecule has 144 valence electrons. The molecule has 2 aromatic carbocycles. The van der Waals surface area contributed by atoms with Gasteiger partial charge in [-0.15, -0.1) is 0 Å². The Hall–Kier alpha value is -4.27. The molecular weight excluding hydrogens is 372 g/mol. The van der Waals surface area contributed by atoms with E-state index in [0.29, 0.717) is 11.4 Å². The van der Waals surface area contributed by atoms with Crippen LogP contribution >= 0.6 is 0 Å². The van der Waals surface area contributed by atoms with E-state index in [2.05, 4.69) is 20.3 Å². The average Bonchev–Trinajstić information content (AvgIpc) is 3.23. The SMILES string of the molecule is N=C(OC(N)=NC1N=C(c2ccccc2)c2ccccc2NC1=O)c1cnco1. The number of hydrogen-bond acceptors (Lipinski definition) is 7. The summed E-state index contributed by atoms with van der Waals surface area (Å²) >= 11 is 0. The Morgan fingerprint density at radius 1 is 1.17 bits per heavy atom. The lowest BCUT2D eigenvalue weighted by atomic mass is 10.0. The minimum absolute atomic E-state index is 0.0781. The van der Waals surface area contributed by atoms with Crippen molar-refractivity contribution >= 4 is 29.2 Å². The molecule has 4 N–H and O–H groups in total. The lowest BCUT2D eigenvalue weighted by Gasteiger charge is -2.09. The first-order chi connectivity index (χ1) is 14.1. The van der Waals surface area contributed by atoms with Gasteiger partial charge in [0.15, 0.2) is 6.39 Å². The maximum absolute atomic E-state index is 12.7. The van der Waals surface area contributed by atoms with Crippen LogP contribution in [0.1, 0.15) is 16.9 Å². The van der Waals surface area contributed by atoms with Gasteiger partial charge in [0.1, 0.15) is 0 Å². The first-order valence-corrected chi connectivity index (χ1v) is 8.64. The standard InChI is InChI=1S/C20H16N6O3/c21-17(15-10-23-11-28-15)29-20(22)26-18-19(27)24-14-9-5-4-8-13(14)16(25-18)12-6-2-1-3-7-12/h1-11,18,21H,(H2,22,26)(H,24,27). The second-order valence-corrected chi connectivity index (χ2v) is 6.02. The van der Waals surface area contributed by atoms with Crippen LogP contribution in [0.4, 0.5) is 5.69 Å². The highest BCUT2D eigenvalue weighted by Crippen LogP contribution is 2.24. The number of hydrogen-bond donors (Lipinski definition) is 3. The Labute approximate surface area is 165 Å². The van der Waals surface area contributed by atoms with Crippen LogP contribution in [0.25, 0.3) is 0 Å². The predicted octanol–water partition coefficient (Wildman–Crippen LogP) is 2.15. The molecule has 0 saturated carbocycles. The number of nitrogens with one attached hydrogen (secondary N) is 2. The molecule has 1 aromatic heterocycles. The summed E-state index contributed by atoms with van der Waals surface area (Å²) in [7, 11) is 0. The number of carbonyl (C=O) groups excluding carboxylic acids is 1. The van der Waals surface area contributed by atoms with Crippen LogP contribution in [0.2, 0.25) is 0 Å². The number of amidine groups is 1. The lowest BCUT2D eigenvalue weighted by Crippen LogP contribution is -2.29. The number of ether oxygens (including phenoxy) is 1. The monoisotopic (exact) mass is 388 g/mol. The van der Waals surface area contributed by atoms with E-state index in [-0.39, 0.29) is 11.7 Å². The molecule has 1 amide bonds. The molecule has 1 aliphatic rings. The number of rotatable bonds is 3. The van der Waals surface area contributed by atoms with Crippen molar-refractivity contribution in [2.24, 2.45) is 15.7 Å². The topological polar surface area (TPSA) is 139 Å². The normalized spacial score (nSPS) is 16.3. The fourth-order valence-electron chi connectivity index (χ4n) is 2.79. The third kappa shape index (κ3) is 3.88. The Morgan fingerprint density at radius 2 is 1.93 bits per heavy atom. The molecule has 0 spiro atoms. The van der Waals surface area contributed by atoms with Crippen molar-refractivity contribution in [2.45, 2.75) is 6.17 Å². The van der Waals surface area contributed by atoms with Crippen LogP contribution in [0.15, 0.2) is 81.6 Å². The summed E-state index contributed by atoms with van der Waals surface area (Å²) in [5.41, 5.74) is 8.58. The molecule has 0 radical (unpaired) electrons. The van der Waals surface area contributed by atoms with Crippen LogP contribution in [0.3, 0.4) is 0 Å². The lowest BCUT2D eigenvalue weighted by molar-refractivity contribution is -0.117. The molecule has 1 aliphatic heterocycles. The maximum atomic E-state index is 12.7. The smallest absolute Gasteiger partial charge is 0.291 e. The molecule has 9 nitrogen and oxygen atoms in total. The predicted molar refractivity (Wildman–Crippen MR) is 107 cm³/mol. The zero-order valence-corrected chi connectivity index (χ0v) is 15.1.